The molecule has 1 heterocycles. The highest BCUT2D eigenvalue weighted by molar-refractivity contribution is 6.30. The minimum absolute atomic E-state index is 0.326. The predicted octanol–water partition coefficient (Wildman–Crippen LogP) is 2.83. The van der Waals surface area contributed by atoms with Gasteiger partial charge in [0.25, 0.3) is 0 Å². The summed E-state index contributed by atoms with van der Waals surface area (Å²) in [5, 5.41) is 0.326. The third kappa shape index (κ3) is 1.97. The SMILES string of the molecule is Cc1c(N)ncnc1-c1cc(F)cc(Cl)c1. The number of halogens is 2. The smallest absolute Gasteiger partial charge is 0.130 e. The van der Waals surface area contributed by atoms with Gasteiger partial charge in [-0.1, -0.05) is 11.6 Å². The van der Waals surface area contributed by atoms with Crippen LogP contribution >= 0.6 is 11.6 Å². The summed E-state index contributed by atoms with van der Waals surface area (Å²) in [6.07, 6.45) is 1.34. The summed E-state index contributed by atoms with van der Waals surface area (Å²) in [6, 6.07) is 4.24. The van der Waals surface area contributed by atoms with Gasteiger partial charge in [0, 0.05) is 16.1 Å². The average Bonchev–Trinajstić information content (AvgIpc) is 2.20. The average molecular weight is 238 g/mol. The highest BCUT2D eigenvalue weighted by atomic mass is 35.5. The first-order valence-electron chi connectivity index (χ1n) is 4.61. The molecule has 0 aliphatic rings. The van der Waals surface area contributed by atoms with Gasteiger partial charge in [0.05, 0.1) is 5.69 Å². The Bertz CT molecular complexity index is 522. The maximum Gasteiger partial charge on any atom is 0.130 e. The fraction of sp³-hybridized carbons (Fsp3) is 0.0909. The Hall–Kier alpha value is -1.68. The number of hydrogen-bond acceptors (Lipinski definition) is 3. The lowest BCUT2D eigenvalue weighted by Crippen LogP contribution is -1.98. The number of nitrogen functional groups attached to an aromatic ring is 1. The topological polar surface area (TPSA) is 51.8 Å². The summed E-state index contributed by atoms with van der Waals surface area (Å²) in [5.41, 5.74) is 7.55. The van der Waals surface area contributed by atoms with Crippen LogP contribution in [0.25, 0.3) is 11.3 Å². The molecule has 82 valence electrons. The Morgan fingerprint density at radius 2 is 2.00 bits per heavy atom. The van der Waals surface area contributed by atoms with Gasteiger partial charge in [0.2, 0.25) is 0 Å². The number of nitrogens with zero attached hydrogens (tertiary/aromatic N) is 2. The Labute approximate surface area is 97.1 Å². The normalized spacial score (nSPS) is 10.4. The lowest BCUT2D eigenvalue weighted by molar-refractivity contribution is 0.628. The van der Waals surface area contributed by atoms with Crippen LogP contribution in [0.15, 0.2) is 24.5 Å². The minimum atomic E-state index is -0.404. The number of aromatic nitrogens is 2. The maximum absolute atomic E-state index is 13.2. The van der Waals surface area contributed by atoms with Gasteiger partial charge in [0.15, 0.2) is 0 Å². The molecule has 0 fully saturated rings. The molecule has 5 heteroatoms. The third-order valence-electron chi connectivity index (χ3n) is 2.26. The molecule has 2 N–H and O–H groups in total. The molecular weight excluding hydrogens is 229 g/mol. The second-order valence-electron chi connectivity index (χ2n) is 3.39. The monoisotopic (exact) mass is 237 g/mol. The molecule has 0 amide bonds. The first-order chi connectivity index (χ1) is 7.58. The molecule has 0 aliphatic carbocycles. The molecule has 0 saturated carbocycles. The van der Waals surface area contributed by atoms with Crippen LogP contribution in [0.4, 0.5) is 10.2 Å². The summed E-state index contributed by atoms with van der Waals surface area (Å²) in [6.45, 7) is 1.78. The molecule has 2 rings (SSSR count). The van der Waals surface area contributed by atoms with E-state index in [0.717, 1.165) is 0 Å². The zero-order valence-corrected chi connectivity index (χ0v) is 9.29. The lowest BCUT2D eigenvalue weighted by atomic mass is 10.1. The zero-order valence-electron chi connectivity index (χ0n) is 8.54. The number of rotatable bonds is 1. The van der Waals surface area contributed by atoms with Crippen molar-refractivity contribution in [3.8, 4) is 11.3 Å². The van der Waals surface area contributed by atoms with E-state index in [0.29, 0.717) is 27.7 Å². The number of nitrogens with two attached hydrogens (primary N) is 1. The van der Waals surface area contributed by atoms with Gasteiger partial charge >= 0.3 is 0 Å². The highest BCUT2D eigenvalue weighted by Gasteiger charge is 2.08. The van der Waals surface area contributed by atoms with Crippen LogP contribution in [0, 0.1) is 12.7 Å². The van der Waals surface area contributed by atoms with E-state index in [1.165, 1.54) is 18.5 Å². The van der Waals surface area contributed by atoms with Gasteiger partial charge in [-0.15, -0.1) is 0 Å². The Balaban J connectivity index is 2.63. The van der Waals surface area contributed by atoms with E-state index in [1.54, 1.807) is 13.0 Å². The third-order valence-corrected chi connectivity index (χ3v) is 2.48. The molecule has 16 heavy (non-hydrogen) atoms. The number of benzene rings is 1. The molecule has 1 aromatic carbocycles. The predicted molar refractivity (Wildman–Crippen MR) is 61.6 cm³/mol. The molecule has 0 aliphatic heterocycles. The molecule has 2 aromatic rings. The Kier molecular flexibility index (Phi) is 2.75. The van der Waals surface area contributed by atoms with E-state index in [9.17, 15) is 4.39 Å². The van der Waals surface area contributed by atoms with E-state index < -0.39 is 5.82 Å². The first kappa shape index (κ1) is 10.8. The Morgan fingerprint density at radius 1 is 1.25 bits per heavy atom. The second kappa shape index (κ2) is 4.06. The van der Waals surface area contributed by atoms with Crippen LogP contribution in [0.2, 0.25) is 5.02 Å². The van der Waals surface area contributed by atoms with Crippen LogP contribution in [0.3, 0.4) is 0 Å². The van der Waals surface area contributed by atoms with Crippen LogP contribution in [-0.4, -0.2) is 9.97 Å². The molecule has 1 aromatic heterocycles. The van der Waals surface area contributed by atoms with E-state index in [4.69, 9.17) is 17.3 Å². The molecule has 0 unspecified atom stereocenters. The van der Waals surface area contributed by atoms with Gasteiger partial charge < -0.3 is 5.73 Å². The quantitative estimate of drug-likeness (QED) is 0.830. The van der Waals surface area contributed by atoms with E-state index in [1.807, 2.05) is 0 Å². The summed E-state index contributed by atoms with van der Waals surface area (Å²) in [5.74, 6) is -0.0236. The van der Waals surface area contributed by atoms with Crippen LogP contribution in [-0.2, 0) is 0 Å². The van der Waals surface area contributed by atoms with E-state index in [-0.39, 0.29) is 0 Å². The van der Waals surface area contributed by atoms with Crippen molar-refractivity contribution in [2.75, 3.05) is 5.73 Å². The van der Waals surface area contributed by atoms with Crippen molar-refractivity contribution in [3.05, 3.63) is 40.9 Å². The Morgan fingerprint density at radius 3 is 2.69 bits per heavy atom. The first-order valence-corrected chi connectivity index (χ1v) is 4.99. The standard InChI is InChI=1S/C11H9ClFN3/c1-6-10(15-5-16-11(6)14)7-2-8(12)4-9(13)3-7/h2-5H,1H3,(H2,14,15,16). The van der Waals surface area contributed by atoms with Gasteiger partial charge in [-0.05, 0) is 25.1 Å². The molecule has 0 spiro atoms. The fourth-order valence-electron chi connectivity index (χ4n) is 1.45. The van der Waals surface area contributed by atoms with Crippen molar-refractivity contribution in [3.63, 3.8) is 0 Å². The highest BCUT2D eigenvalue weighted by Crippen LogP contribution is 2.26. The largest absolute Gasteiger partial charge is 0.383 e. The van der Waals surface area contributed by atoms with Gasteiger partial charge in [-0.2, -0.15) is 0 Å². The summed E-state index contributed by atoms with van der Waals surface area (Å²) in [7, 11) is 0. The molecular formula is C11H9ClFN3. The molecule has 0 radical (unpaired) electrons. The second-order valence-corrected chi connectivity index (χ2v) is 3.83. The number of hydrogen-bond donors (Lipinski definition) is 1. The van der Waals surface area contributed by atoms with Gasteiger partial charge in [-0.25, -0.2) is 14.4 Å². The van der Waals surface area contributed by atoms with Crippen LogP contribution in [0.1, 0.15) is 5.56 Å². The zero-order chi connectivity index (χ0) is 11.7. The fourth-order valence-corrected chi connectivity index (χ4v) is 1.67. The van der Waals surface area contributed by atoms with Crippen LogP contribution in [0.5, 0.6) is 0 Å². The van der Waals surface area contributed by atoms with E-state index in [2.05, 4.69) is 9.97 Å². The van der Waals surface area contributed by atoms with Gasteiger partial charge in [-0.3, -0.25) is 0 Å². The minimum Gasteiger partial charge on any atom is -0.383 e. The molecule has 0 saturated heterocycles. The van der Waals surface area contributed by atoms with Crippen molar-refractivity contribution in [1.82, 2.24) is 9.97 Å². The van der Waals surface area contributed by atoms with Crippen molar-refractivity contribution in [2.24, 2.45) is 0 Å². The summed E-state index contributed by atoms with van der Waals surface area (Å²) in [4.78, 5) is 7.92. The van der Waals surface area contributed by atoms with Crippen molar-refractivity contribution < 1.29 is 4.39 Å². The lowest BCUT2D eigenvalue weighted by Gasteiger charge is -2.06. The molecule has 3 nitrogen and oxygen atoms in total. The maximum atomic E-state index is 13.2. The van der Waals surface area contributed by atoms with Gasteiger partial charge in [0.1, 0.15) is 18.0 Å². The molecule has 0 bridgehead atoms. The van der Waals surface area contributed by atoms with E-state index >= 15 is 0 Å². The van der Waals surface area contributed by atoms with Crippen molar-refractivity contribution in [2.45, 2.75) is 6.92 Å². The number of anilines is 1. The van der Waals surface area contributed by atoms with Crippen molar-refractivity contribution in [1.29, 1.82) is 0 Å². The molecule has 0 atom stereocenters. The van der Waals surface area contributed by atoms with Crippen molar-refractivity contribution >= 4 is 17.4 Å². The summed E-state index contributed by atoms with van der Waals surface area (Å²) < 4.78 is 13.2. The van der Waals surface area contributed by atoms with Crippen LogP contribution < -0.4 is 5.73 Å². The summed E-state index contributed by atoms with van der Waals surface area (Å²) >= 11 is 5.78.